The molecular weight excluding hydrogens is 529 g/mol. The summed E-state index contributed by atoms with van der Waals surface area (Å²) in [5.41, 5.74) is 5.00. The summed E-state index contributed by atoms with van der Waals surface area (Å²) in [4.78, 5) is 54.0. The van der Waals surface area contributed by atoms with Crippen LogP contribution in [0.1, 0.15) is 83.6 Å². The molecule has 0 spiro atoms. The Hall–Kier alpha value is -4.93. The molecule has 0 aliphatic heterocycles. The standard InChI is InChI=1S/C30H26FN5O5/c1-15-20-8-9-24(22(20)7-6-21(15)30(40)41)35-29(39)26-12-25(34-27-23(31)14-33-36(26)27)28(38)32-13-16-2-3-17-4-5-19(37)11-18(17)10-16/h2-3,6-7,10,12,14,24H,4-5,8-9,11,13H2,1H3,(H,32,38)(H,35,39)(H,40,41)/t24-/m0/s1. The summed E-state index contributed by atoms with van der Waals surface area (Å²) < 4.78 is 15.6. The van der Waals surface area contributed by atoms with Gasteiger partial charge >= 0.3 is 5.97 Å². The molecule has 2 amide bonds. The van der Waals surface area contributed by atoms with Crippen molar-refractivity contribution in [3.63, 3.8) is 0 Å². The first-order chi connectivity index (χ1) is 19.7. The fourth-order valence-electron chi connectivity index (χ4n) is 5.75. The number of rotatable bonds is 6. The second-order valence-corrected chi connectivity index (χ2v) is 10.4. The number of halogens is 1. The molecule has 2 aromatic carbocycles. The molecule has 0 saturated heterocycles. The highest BCUT2D eigenvalue weighted by Gasteiger charge is 2.29. The number of amides is 2. The molecule has 41 heavy (non-hydrogen) atoms. The third-order valence-corrected chi connectivity index (χ3v) is 7.91. The number of hydrogen-bond donors (Lipinski definition) is 3. The van der Waals surface area contributed by atoms with Crippen LogP contribution in [0, 0.1) is 12.7 Å². The van der Waals surface area contributed by atoms with Gasteiger partial charge in [0.05, 0.1) is 17.8 Å². The Bertz CT molecular complexity index is 1780. The number of benzene rings is 2. The molecule has 4 aromatic rings. The maximum atomic E-state index is 14.5. The molecule has 0 fully saturated rings. The summed E-state index contributed by atoms with van der Waals surface area (Å²) in [5.74, 6) is -2.78. The number of aromatic nitrogens is 3. The lowest BCUT2D eigenvalue weighted by atomic mass is 9.89. The Labute approximate surface area is 233 Å². The first-order valence-corrected chi connectivity index (χ1v) is 13.3. The molecule has 10 nitrogen and oxygen atoms in total. The highest BCUT2D eigenvalue weighted by Crippen LogP contribution is 2.35. The Balaban J connectivity index is 1.23. The van der Waals surface area contributed by atoms with Crippen LogP contribution in [0.25, 0.3) is 5.65 Å². The fraction of sp³-hybridized carbons (Fsp3) is 0.267. The van der Waals surface area contributed by atoms with E-state index in [1.807, 2.05) is 18.2 Å². The van der Waals surface area contributed by atoms with E-state index >= 15 is 0 Å². The number of aromatic carboxylic acids is 1. The maximum absolute atomic E-state index is 14.5. The van der Waals surface area contributed by atoms with Crippen molar-refractivity contribution in [2.24, 2.45) is 0 Å². The van der Waals surface area contributed by atoms with Crippen molar-refractivity contribution >= 4 is 29.2 Å². The monoisotopic (exact) mass is 555 g/mol. The Morgan fingerprint density at radius 2 is 1.90 bits per heavy atom. The lowest BCUT2D eigenvalue weighted by Crippen LogP contribution is -2.30. The van der Waals surface area contributed by atoms with E-state index in [-0.39, 0.29) is 34.9 Å². The third-order valence-electron chi connectivity index (χ3n) is 7.91. The number of carbonyl (C=O) groups is 4. The van der Waals surface area contributed by atoms with E-state index in [4.69, 9.17) is 0 Å². The summed E-state index contributed by atoms with van der Waals surface area (Å²) >= 11 is 0. The smallest absolute Gasteiger partial charge is 0.335 e. The number of carboxylic acids is 1. The minimum absolute atomic E-state index is 0.0660. The maximum Gasteiger partial charge on any atom is 0.335 e. The number of nitrogens with zero attached hydrogens (tertiary/aromatic N) is 3. The van der Waals surface area contributed by atoms with Crippen LogP contribution in [0.4, 0.5) is 4.39 Å². The second-order valence-electron chi connectivity index (χ2n) is 10.4. The van der Waals surface area contributed by atoms with Gasteiger partial charge in [-0.3, -0.25) is 14.4 Å². The van der Waals surface area contributed by atoms with Crippen LogP contribution < -0.4 is 10.6 Å². The topological polar surface area (TPSA) is 143 Å². The summed E-state index contributed by atoms with van der Waals surface area (Å²) in [7, 11) is 0. The van der Waals surface area contributed by atoms with Gasteiger partial charge in [0.2, 0.25) is 0 Å². The number of aryl methyl sites for hydroxylation is 1. The van der Waals surface area contributed by atoms with Crippen molar-refractivity contribution in [1.29, 1.82) is 0 Å². The van der Waals surface area contributed by atoms with Gasteiger partial charge < -0.3 is 15.7 Å². The highest BCUT2D eigenvalue weighted by atomic mass is 19.1. The van der Waals surface area contributed by atoms with E-state index in [1.54, 1.807) is 13.0 Å². The van der Waals surface area contributed by atoms with Crippen molar-refractivity contribution in [3.05, 3.63) is 98.7 Å². The van der Waals surface area contributed by atoms with Crippen molar-refractivity contribution in [3.8, 4) is 0 Å². The van der Waals surface area contributed by atoms with Gasteiger partial charge in [0.25, 0.3) is 11.8 Å². The van der Waals surface area contributed by atoms with Crippen LogP contribution in [0.5, 0.6) is 0 Å². The number of hydrogen-bond acceptors (Lipinski definition) is 6. The molecule has 2 heterocycles. The normalized spacial score (nSPS) is 15.9. The fourth-order valence-corrected chi connectivity index (χ4v) is 5.75. The number of carboxylic acid groups (broad SMARTS) is 1. The zero-order valence-corrected chi connectivity index (χ0v) is 22.2. The van der Waals surface area contributed by atoms with E-state index in [2.05, 4.69) is 20.7 Å². The SMILES string of the molecule is Cc1c(C(=O)O)ccc2c1CC[C@@H]2NC(=O)c1cc(C(=O)NCc2ccc3c(c2)CC(=O)CC3)nc2c(F)cnn12. The van der Waals surface area contributed by atoms with Crippen molar-refractivity contribution in [2.45, 2.75) is 51.6 Å². The minimum Gasteiger partial charge on any atom is -0.478 e. The van der Waals surface area contributed by atoms with E-state index in [0.717, 1.165) is 38.5 Å². The Kier molecular flexibility index (Phi) is 6.56. The summed E-state index contributed by atoms with van der Waals surface area (Å²) in [6.07, 6.45) is 3.71. The molecule has 0 unspecified atom stereocenters. The largest absolute Gasteiger partial charge is 0.478 e. The number of ketones is 1. The molecule has 11 heteroatoms. The van der Waals surface area contributed by atoms with Gasteiger partial charge in [-0.25, -0.2) is 18.7 Å². The molecular formula is C30H26FN5O5. The highest BCUT2D eigenvalue weighted by molar-refractivity contribution is 5.98. The van der Waals surface area contributed by atoms with E-state index in [9.17, 15) is 28.7 Å². The average Bonchev–Trinajstić information content (AvgIpc) is 3.54. The first-order valence-electron chi connectivity index (χ1n) is 13.3. The molecule has 3 N–H and O–H groups in total. The molecule has 208 valence electrons. The van der Waals surface area contributed by atoms with Crippen LogP contribution in [0.15, 0.2) is 42.6 Å². The molecule has 2 aliphatic carbocycles. The summed E-state index contributed by atoms with van der Waals surface area (Å²) in [6, 6.07) is 9.86. The van der Waals surface area contributed by atoms with Gasteiger partial charge in [-0.2, -0.15) is 5.10 Å². The van der Waals surface area contributed by atoms with Gasteiger partial charge in [-0.15, -0.1) is 0 Å². The van der Waals surface area contributed by atoms with Crippen LogP contribution in [-0.4, -0.2) is 43.3 Å². The zero-order chi connectivity index (χ0) is 28.8. The van der Waals surface area contributed by atoms with Crippen LogP contribution in [0.2, 0.25) is 0 Å². The summed E-state index contributed by atoms with van der Waals surface area (Å²) in [6.45, 7) is 1.91. The lowest BCUT2D eigenvalue weighted by molar-refractivity contribution is -0.118. The molecule has 2 aliphatic rings. The van der Waals surface area contributed by atoms with Gasteiger partial charge in [0, 0.05) is 25.5 Å². The molecule has 1 atom stereocenters. The quantitative estimate of drug-likeness (QED) is 0.331. The number of carbonyl (C=O) groups excluding carboxylic acids is 3. The van der Waals surface area contributed by atoms with Gasteiger partial charge in [-0.1, -0.05) is 24.3 Å². The van der Waals surface area contributed by atoms with Crippen LogP contribution in [-0.2, 0) is 30.6 Å². The number of Topliss-reactive ketones (excluding diaryl/α,β-unsaturated/α-hetero) is 1. The Morgan fingerprint density at radius 1 is 1.07 bits per heavy atom. The summed E-state index contributed by atoms with van der Waals surface area (Å²) in [5, 5.41) is 19.1. The third kappa shape index (κ3) is 4.83. The van der Waals surface area contributed by atoms with Crippen molar-refractivity contribution < 1.29 is 28.7 Å². The van der Waals surface area contributed by atoms with Gasteiger partial charge in [-0.05, 0) is 65.6 Å². The number of fused-ring (bicyclic) bond motifs is 3. The first kappa shape index (κ1) is 26.3. The molecule has 0 bridgehead atoms. The second kappa shape index (κ2) is 10.2. The van der Waals surface area contributed by atoms with E-state index < -0.39 is 29.6 Å². The molecule has 6 rings (SSSR count). The number of nitrogens with one attached hydrogen (secondary N) is 2. The van der Waals surface area contributed by atoms with Crippen molar-refractivity contribution in [2.75, 3.05) is 0 Å². The lowest BCUT2D eigenvalue weighted by Gasteiger charge is -2.17. The molecule has 0 saturated carbocycles. The predicted molar refractivity (Wildman–Crippen MR) is 144 cm³/mol. The van der Waals surface area contributed by atoms with E-state index in [1.165, 1.54) is 12.1 Å². The molecule has 2 aromatic heterocycles. The predicted octanol–water partition coefficient (Wildman–Crippen LogP) is 3.28. The van der Waals surface area contributed by atoms with Crippen LogP contribution >= 0.6 is 0 Å². The minimum atomic E-state index is -1.01. The van der Waals surface area contributed by atoms with Crippen LogP contribution in [0.3, 0.4) is 0 Å². The van der Waals surface area contributed by atoms with Crippen molar-refractivity contribution in [1.82, 2.24) is 25.2 Å². The average molecular weight is 556 g/mol. The van der Waals surface area contributed by atoms with Gasteiger partial charge in [0.1, 0.15) is 17.2 Å². The van der Waals surface area contributed by atoms with E-state index in [0.29, 0.717) is 37.7 Å². The van der Waals surface area contributed by atoms with Gasteiger partial charge in [0.15, 0.2) is 11.5 Å². The zero-order valence-electron chi connectivity index (χ0n) is 22.2. The Morgan fingerprint density at radius 3 is 2.71 bits per heavy atom. The molecule has 0 radical (unpaired) electrons.